The van der Waals surface area contributed by atoms with Gasteiger partial charge in [-0.2, -0.15) is 0 Å². The van der Waals surface area contributed by atoms with E-state index in [1.807, 2.05) is 26.0 Å². The summed E-state index contributed by atoms with van der Waals surface area (Å²) in [4.78, 5) is 38.1. The van der Waals surface area contributed by atoms with Crippen molar-refractivity contribution in [1.82, 2.24) is 10.2 Å². The standard InChI is InChI=1S/C22H25N3O5/c1-4-22(5-2)20(27)25(21(28)24-22)14-19(26)23-15-10-12-16(13-11-15)30-18-9-7-6-8-17(18)29-3/h6-13H,4-5,14H2,1-3H3,(H,23,26)(H,24,28). The highest BCUT2D eigenvalue weighted by Gasteiger charge is 2.49. The van der Waals surface area contributed by atoms with Gasteiger partial charge < -0.3 is 20.1 Å². The van der Waals surface area contributed by atoms with Crippen molar-refractivity contribution < 1.29 is 23.9 Å². The highest BCUT2D eigenvalue weighted by atomic mass is 16.5. The number of hydrogen-bond acceptors (Lipinski definition) is 5. The number of amides is 4. The summed E-state index contributed by atoms with van der Waals surface area (Å²) in [5.74, 6) is 0.930. The number of carbonyl (C=O) groups excluding carboxylic acids is 3. The fourth-order valence-electron chi connectivity index (χ4n) is 3.33. The maximum Gasteiger partial charge on any atom is 0.325 e. The molecule has 0 spiro atoms. The van der Waals surface area contributed by atoms with Gasteiger partial charge in [-0.25, -0.2) is 4.79 Å². The van der Waals surface area contributed by atoms with Crippen LogP contribution >= 0.6 is 0 Å². The first kappa shape index (κ1) is 21.2. The van der Waals surface area contributed by atoms with E-state index in [0.29, 0.717) is 35.8 Å². The third-order valence-electron chi connectivity index (χ3n) is 5.19. The minimum Gasteiger partial charge on any atom is -0.493 e. The normalized spacial score (nSPS) is 15.0. The Morgan fingerprint density at radius 1 is 1.03 bits per heavy atom. The van der Waals surface area contributed by atoms with Crippen molar-refractivity contribution in [3.63, 3.8) is 0 Å². The summed E-state index contributed by atoms with van der Waals surface area (Å²) in [6.45, 7) is 3.33. The van der Waals surface area contributed by atoms with Crippen LogP contribution in [0.25, 0.3) is 0 Å². The molecular formula is C22H25N3O5. The topological polar surface area (TPSA) is 97.0 Å². The zero-order chi connectivity index (χ0) is 21.7. The zero-order valence-corrected chi connectivity index (χ0v) is 17.2. The molecule has 8 heteroatoms. The van der Waals surface area contributed by atoms with E-state index in [4.69, 9.17) is 9.47 Å². The summed E-state index contributed by atoms with van der Waals surface area (Å²) in [6.07, 6.45) is 0.944. The second-order valence-corrected chi connectivity index (χ2v) is 6.94. The summed E-state index contributed by atoms with van der Waals surface area (Å²) in [6, 6.07) is 13.5. The van der Waals surface area contributed by atoms with E-state index in [-0.39, 0.29) is 12.5 Å². The predicted octanol–water partition coefficient (Wildman–Crippen LogP) is 3.54. The van der Waals surface area contributed by atoms with Crippen molar-refractivity contribution in [3.05, 3.63) is 48.5 Å². The molecule has 2 N–H and O–H groups in total. The first-order valence-electron chi connectivity index (χ1n) is 9.77. The van der Waals surface area contributed by atoms with Crippen molar-refractivity contribution >= 4 is 23.5 Å². The van der Waals surface area contributed by atoms with Crippen molar-refractivity contribution in [2.45, 2.75) is 32.2 Å². The summed E-state index contributed by atoms with van der Waals surface area (Å²) in [7, 11) is 1.57. The molecule has 0 unspecified atom stereocenters. The summed E-state index contributed by atoms with van der Waals surface area (Å²) >= 11 is 0. The predicted molar refractivity (Wildman–Crippen MR) is 112 cm³/mol. The van der Waals surface area contributed by atoms with Gasteiger partial charge in [0, 0.05) is 5.69 Å². The van der Waals surface area contributed by atoms with E-state index in [1.54, 1.807) is 43.5 Å². The molecule has 0 aliphatic carbocycles. The lowest BCUT2D eigenvalue weighted by molar-refractivity contribution is -0.134. The van der Waals surface area contributed by atoms with Crippen molar-refractivity contribution in [2.24, 2.45) is 0 Å². The number of urea groups is 1. The van der Waals surface area contributed by atoms with Gasteiger partial charge >= 0.3 is 6.03 Å². The van der Waals surface area contributed by atoms with Crippen LogP contribution in [-0.4, -0.2) is 41.9 Å². The Bertz CT molecular complexity index is 938. The number of para-hydroxylation sites is 2. The molecule has 8 nitrogen and oxygen atoms in total. The van der Waals surface area contributed by atoms with E-state index in [2.05, 4.69) is 10.6 Å². The molecule has 0 atom stereocenters. The van der Waals surface area contributed by atoms with Crippen LogP contribution in [0, 0.1) is 0 Å². The number of ether oxygens (including phenoxy) is 2. The lowest BCUT2D eigenvalue weighted by atomic mass is 9.93. The molecule has 0 saturated carbocycles. The molecule has 2 aromatic rings. The summed E-state index contributed by atoms with van der Waals surface area (Å²) < 4.78 is 11.1. The Kier molecular flexibility index (Phi) is 6.25. The van der Waals surface area contributed by atoms with Gasteiger partial charge in [-0.1, -0.05) is 26.0 Å². The first-order valence-corrected chi connectivity index (χ1v) is 9.77. The number of nitrogens with one attached hydrogen (secondary N) is 2. The molecule has 1 aliphatic rings. The molecular weight excluding hydrogens is 386 g/mol. The third-order valence-corrected chi connectivity index (χ3v) is 5.19. The molecule has 158 valence electrons. The van der Waals surface area contributed by atoms with Gasteiger partial charge in [0.05, 0.1) is 7.11 Å². The Balaban J connectivity index is 1.61. The molecule has 0 bridgehead atoms. The third kappa shape index (κ3) is 4.22. The molecule has 0 aromatic heterocycles. The Labute approximate surface area is 175 Å². The average Bonchev–Trinajstić information content (AvgIpc) is 3.00. The van der Waals surface area contributed by atoms with E-state index < -0.39 is 17.5 Å². The van der Waals surface area contributed by atoms with Crippen LogP contribution in [-0.2, 0) is 9.59 Å². The highest BCUT2D eigenvalue weighted by Crippen LogP contribution is 2.31. The number of rotatable bonds is 8. The van der Waals surface area contributed by atoms with Gasteiger partial charge in [0.25, 0.3) is 5.91 Å². The number of anilines is 1. The van der Waals surface area contributed by atoms with Crippen LogP contribution in [0.1, 0.15) is 26.7 Å². The van der Waals surface area contributed by atoms with Crippen LogP contribution in [0.4, 0.5) is 10.5 Å². The quantitative estimate of drug-likeness (QED) is 0.648. The highest BCUT2D eigenvalue weighted by molar-refractivity contribution is 6.10. The second kappa shape index (κ2) is 8.86. The van der Waals surface area contributed by atoms with Crippen LogP contribution in [0.15, 0.2) is 48.5 Å². The van der Waals surface area contributed by atoms with Crippen LogP contribution < -0.4 is 20.1 Å². The van der Waals surface area contributed by atoms with Crippen molar-refractivity contribution in [1.29, 1.82) is 0 Å². The minimum atomic E-state index is -0.922. The fourth-order valence-corrected chi connectivity index (χ4v) is 3.33. The Morgan fingerprint density at radius 2 is 1.67 bits per heavy atom. The lowest BCUT2D eigenvalue weighted by Crippen LogP contribution is -2.46. The van der Waals surface area contributed by atoms with Gasteiger partial charge in [0.1, 0.15) is 17.8 Å². The van der Waals surface area contributed by atoms with E-state index >= 15 is 0 Å². The van der Waals surface area contributed by atoms with E-state index in [1.165, 1.54) is 0 Å². The minimum absolute atomic E-state index is 0.341. The Morgan fingerprint density at radius 3 is 2.23 bits per heavy atom. The number of benzene rings is 2. The smallest absolute Gasteiger partial charge is 0.325 e. The molecule has 2 aromatic carbocycles. The second-order valence-electron chi connectivity index (χ2n) is 6.94. The van der Waals surface area contributed by atoms with Gasteiger partial charge in [-0.3, -0.25) is 14.5 Å². The zero-order valence-electron chi connectivity index (χ0n) is 17.2. The number of methoxy groups -OCH3 is 1. The molecule has 30 heavy (non-hydrogen) atoms. The maximum atomic E-state index is 12.6. The summed E-state index contributed by atoms with van der Waals surface area (Å²) in [5, 5.41) is 5.40. The van der Waals surface area contributed by atoms with Crippen molar-refractivity contribution in [3.8, 4) is 17.2 Å². The monoisotopic (exact) mass is 411 g/mol. The summed E-state index contributed by atoms with van der Waals surface area (Å²) in [5.41, 5.74) is -0.397. The SMILES string of the molecule is CCC1(CC)NC(=O)N(CC(=O)Nc2ccc(Oc3ccccc3OC)cc2)C1=O. The maximum absolute atomic E-state index is 12.6. The number of carbonyl (C=O) groups is 3. The van der Waals surface area contributed by atoms with E-state index in [0.717, 1.165) is 4.90 Å². The number of nitrogens with zero attached hydrogens (tertiary/aromatic N) is 1. The average molecular weight is 411 g/mol. The molecule has 1 fully saturated rings. The molecule has 4 amide bonds. The van der Waals surface area contributed by atoms with Crippen molar-refractivity contribution in [2.75, 3.05) is 19.0 Å². The largest absolute Gasteiger partial charge is 0.493 e. The number of hydrogen-bond donors (Lipinski definition) is 2. The van der Waals surface area contributed by atoms with E-state index in [9.17, 15) is 14.4 Å². The first-order chi connectivity index (χ1) is 14.4. The van der Waals surface area contributed by atoms with Crippen LogP contribution in [0.3, 0.4) is 0 Å². The van der Waals surface area contributed by atoms with Crippen LogP contribution in [0.5, 0.6) is 17.2 Å². The lowest BCUT2D eigenvalue weighted by Gasteiger charge is -2.23. The van der Waals surface area contributed by atoms with Gasteiger partial charge in [-0.05, 0) is 49.2 Å². The molecule has 1 saturated heterocycles. The number of imide groups is 1. The Hall–Kier alpha value is -3.55. The van der Waals surface area contributed by atoms with Gasteiger partial charge in [-0.15, -0.1) is 0 Å². The van der Waals surface area contributed by atoms with Crippen LogP contribution in [0.2, 0.25) is 0 Å². The molecule has 1 heterocycles. The molecule has 1 aliphatic heterocycles. The van der Waals surface area contributed by atoms with Gasteiger partial charge in [0.15, 0.2) is 11.5 Å². The molecule has 0 radical (unpaired) electrons. The fraction of sp³-hybridized carbons (Fsp3) is 0.318. The molecule has 3 rings (SSSR count). The van der Waals surface area contributed by atoms with Gasteiger partial charge in [0.2, 0.25) is 5.91 Å².